The topological polar surface area (TPSA) is 26.3 Å². The lowest BCUT2D eigenvalue weighted by molar-refractivity contribution is -0.311. The average molecular weight is 338 g/mol. The minimum absolute atomic E-state index is 0.0107. The van der Waals surface area contributed by atoms with Gasteiger partial charge in [-0.25, -0.2) is 18.0 Å². The molecule has 0 aliphatic rings. The van der Waals surface area contributed by atoms with Crippen LogP contribution in [-0.2, 0) is 9.53 Å². The molecule has 130 valence electrons. The van der Waals surface area contributed by atoms with Gasteiger partial charge in [-0.1, -0.05) is 13.5 Å². The zero-order valence-corrected chi connectivity index (χ0v) is 12.1. The third-order valence-corrected chi connectivity index (χ3v) is 3.11. The van der Waals surface area contributed by atoms with Crippen LogP contribution in [0.15, 0.2) is 12.2 Å². The SMILES string of the molecule is C=C(C)C(=O)OCCCC(F)(CC)C(F)(F)C(F)(F)C(F)F. The van der Waals surface area contributed by atoms with E-state index < -0.39 is 55.8 Å². The van der Waals surface area contributed by atoms with Crippen LogP contribution in [0.4, 0.5) is 30.7 Å². The van der Waals surface area contributed by atoms with Gasteiger partial charge in [-0.3, -0.25) is 0 Å². The molecule has 0 N–H and O–H groups in total. The number of rotatable bonds is 9. The molecule has 0 rings (SSSR count). The molecule has 0 amide bonds. The van der Waals surface area contributed by atoms with Crippen molar-refractivity contribution in [3.05, 3.63) is 12.2 Å². The normalized spacial score (nSPS) is 15.5. The van der Waals surface area contributed by atoms with Crippen molar-refractivity contribution in [3.63, 3.8) is 0 Å². The van der Waals surface area contributed by atoms with E-state index in [1.54, 1.807) is 0 Å². The molecule has 0 fully saturated rings. The van der Waals surface area contributed by atoms with Gasteiger partial charge in [0.15, 0.2) is 5.67 Å². The molecule has 0 radical (unpaired) electrons. The van der Waals surface area contributed by atoms with Crippen molar-refractivity contribution in [2.45, 2.75) is 57.0 Å². The van der Waals surface area contributed by atoms with Gasteiger partial charge in [-0.15, -0.1) is 0 Å². The highest BCUT2D eigenvalue weighted by molar-refractivity contribution is 5.86. The Labute approximate surface area is 123 Å². The van der Waals surface area contributed by atoms with Crippen LogP contribution < -0.4 is 0 Å². The van der Waals surface area contributed by atoms with Crippen LogP contribution in [-0.4, -0.2) is 36.5 Å². The van der Waals surface area contributed by atoms with Gasteiger partial charge in [0.1, 0.15) is 0 Å². The Morgan fingerprint density at radius 3 is 2.05 bits per heavy atom. The zero-order valence-electron chi connectivity index (χ0n) is 12.1. The first-order chi connectivity index (χ1) is 9.83. The highest BCUT2D eigenvalue weighted by Crippen LogP contribution is 2.50. The van der Waals surface area contributed by atoms with E-state index in [-0.39, 0.29) is 5.57 Å². The maximum absolute atomic E-state index is 14.1. The van der Waals surface area contributed by atoms with Crippen LogP contribution in [0.5, 0.6) is 0 Å². The van der Waals surface area contributed by atoms with Gasteiger partial charge in [-0.2, -0.15) is 17.6 Å². The Morgan fingerprint density at radius 1 is 1.18 bits per heavy atom. The predicted octanol–water partition coefficient (Wildman–Crippen LogP) is 4.54. The van der Waals surface area contributed by atoms with E-state index in [0.29, 0.717) is 0 Å². The van der Waals surface area contributed by atoms with Gasteiger partial charge in [0.25, 0.3) is 0 Å². The van der Waals surface area contributed by atoms with Gasteiger partial charge in [-0.05, 0) is 26.2 Å². The molecule has 1 unspecified atom stereocenters. The summed E-state index contributed by atoms with van der Waals surface area (Å²) in [7, 11) is 0. The van der Waals surface area contributed by atoms with Gasteiger partial charge in [0, 0.05) is 5.57 Å². The number of carbonyl (C=O) groups excluding carboxylic acids is 1. The summed E-state index contributed by atoms with van der Waals surface area (Å²) in [5, 5.41) is 0. The Balaban J connectivity index is 4.90. The van der Waals surface area contributed by atoms with Crippen molar-refractivity contribution >= 4 is 5.97 Å². The summed E-state index contributed by atoms with van der Waals surface area (Å²) in [5.41, 5.74) is -3.83. The van der Waals surface area contributed by atoms with Crippen molar-refractivity contribution < 1.29 is 40.3 Å². The molecular formula is C13H17F7O2. The maximum atomic E-state index is 14.1. The fourth-order valence-corrected chi connectivity index (χ4v) is 1.63. The van der Waals surface area contributed by atoms with Crippen LogP contribution >= 0.6 is 0 Å². The molecule has 9 heteroatoms. The van der Waals surface area contributed by atoms with E-state index in [0.717, 1.165) is 6.92 Å². The lowest BCUT2D eigenvalue weighted by Crippen LogP contribution is -2.59. The Hall–Kier alpha value is -1.28. The van der Waals surface area contributed by atoms with Gasteiger partial charge in [0.2, 0.25) is 0 Å². The quantitative estimate of drug-likeness (QED) is 0.267. The number of esters is 1. The molecule has 0 spiro atoms. The number of ether oxygens (including phenoxy) is 1. The Morgan fingerprint density at radius 2 is 1.68 bits per heavy atom. The second-order valence-corrected chi connectivity index (χ2v) is 4.84. The second-order valence-electron chi connectivity index (χ2n) is 4.84. The second kappa shape index (κ2) is 7.32. The van der Waals surface area contributed by atoms with Gasteiger partial charge >= 0.3 is 24.2 Å². The molecule has 1 atom stereocenters. The number of alkyl halides is 7. The molecule has 0 saturated carbocycles. The fourth-order valence-electron chi connectivity index (χ4n) is 1.63. The minimum Gasteiger partial charge on any atom is -0.462 e. The van der Waals surface area contributed by atoms with Crippen LogP contribution in [0.3, 0.4) is 0 Å². The monoisotopic (exact) mass is 338 g/mol. The fraction of sp³-hybridized carbons (Fsp3) is 0.769. The van der Waals surface area contributed by atoms with E-state index >= 15 is 0 Å². The van der Waals surface area contributed by atoms with Crippen LogP contribution in [0.25, 0.3) is 0 Å². The molecule has 0 aromatic heterocycles. The molecule has 22 heavy (non-hydrogen) atoms. The third-order valence-electron chi connectivity index (χ3n) is 3.11. The van der Waals surface area contributed by atoms with E-state index in [2.05, 4.69) is 11.3 Å². The van der Waals surface area contributed by atoms with Crippen LogP contribution in [0, 0.1) is 0 Å². The summed E-state index contributed by atoms with van der Waals surface area (Å²) in [6.45, 7) is 4.87. The summed E-state index contributed by atoms with van der Waals surface area (Å²) < 4.78 is 95.6. The number of carbonyl (C=O) groups is 1. The first-order valence-electron chi connectivity index (χ1n) is 6.38. The maximum Gasteiger partial charge on any atom is 0.372 e. The van der Waals surface area contributed by atoms with E-state index in [1.807, 2.05) is 0 Å². The van der Waals surface area contributed by atoms with Crippen LogP contribution in [0.1, 0.15) is 33.1 Å². The molecule has 0 aliphatic carbocycles. The zero-order chi connectivity index (χ0) is 17.8. The molecule has 0 aromatic rings. The summed E-state index contributed by atoms with van der Waals surface area (Å²) in [6.07, 6.45) is -7.50. The van der Waals surface area contributed by atoms with E-state index in [4.69, 9.17) is 0 Å². The standard InChI is InChI=1S/C13H17F7O2/c1-4-11(16,6-5-7-22-9(21)8(2)3)13(19,20)12(17,18)10(14)15/h10H,2,4-7H2,1,3H3. The number of halogens is 7. The van der Waals surface area contributed by atoms with Crippen molar-refractivity contribution in [3.8, 4) is 0 Å². The molecule has 0 saturated heterocycles. The van der Waals surface area contributed by atoms with E-state index in [9.17, 15) is 35.5 Å². The predicted molar refractivity (Wildman–Crippen MR) is 65.0 cm³/mol. The molecule has 0 aliphatic heterocycles. The van der Waals surface area contributed by atoms with E-state index in [1.165, 1.54) is 6.92 Å². The summed E-state index contributed by atoms with van der Waals surface area (Å²) in [5.74, 6) is -12.2. The van der Waals surface area contributed by atoms with Crippen LogP contribution in [0.2, 0.25) is 0 Å². The van der Waals surface area contributed by atoms with Crippen molar-refractivity contribution in [1.82, 2.24) is 0 Å². The lowest BCUT2D eigenvalue weighted by atomic mass is 9.86. The summed E-state index contributed by atoms with van der Waals surface area (Å²) in [4.78, 5) is 11.0. The van der Waals surface area contributed by atoms with Gasteiger partial charge in [0.05, 0.1) is 6.61 Å². The molecule has 2 nitrogen and oxygen atoms in total. The summed E-state index contributed by atoms with van der Waals surface area (Å²) >= 11 is 0. The lowest BCUT2D eigenvalue weighted by Gasteiger charge is -2.37. The molecule has 0 heterocycles. The van der Waals surface area contributed by atoms with Crippen molar-refractivity contribution in [2.24, 2.45) is 0 Å². The first-order valence-corrected chi connectivity index (χ1v) is 6.38. The Kier molecular flexibility index (Phi) is 6.90. The highest BCUT2D eigenvalue weighted by atomic mass is 19.3. The van der Waals surface area contributed by atoms with Crippen molar-refractivity contribution in [2.75, 3.05) is 6.61 Å². The largest absolute Gasteiger partial charge is 0.462 e. The number of hydrogen-bond acceptors (Lipinski definition) is 2. The molecule has 0 aromatic carbocycles. The third kappa shape index (κ3) is 4.13. The first kappa shape index (κ1) is 20.7. The summed E-state index contributed by atoms with van der Waals surface area (Å²) in [6, 6.07) is 0. The average Bonchev–Trinajstić information content (AvgIpc) is 2.42. The highest BCUT2D eigenvalue weighted by Gasteiger charge is 2.72. The number of hydrogen-bond donors (Lipinski definition) is 0. The smallest absolute Gasteiger partial charge is 0.372 e. The minimum atomic E-state index is -5.80. The van der Waals surface area contributed by atoms with Gasteiger partial charge < -0.3 is 4.74 Å². The molecular weight excluding hydrogens is 321 g/mol. The Bertz CT molecular complexity index is 409. The van der Waals surface area contributed by atoms with Crippen molar-refractivity contribution in [1.29, 1.82) is 0 Å². The molecule has 0 bridgehead atoms.